The Bertz CT molecular complexity index is 142. The zero-order valence-electron chi connectivity index (χ0n) is 8.79. The molecule has 0 radical (unpaired) electrons. The molecule has 78 valence electrons. The maximum atomic E-state index is 5.33. The highest BCUT2D eigenvalue weighted by Gasteiger charge is 2.46. The van der Waals surface area contributed by atoms with Gasteiger partial charge in [-0.3, -0.25) is 0 Å². The van der Waals surface area contributed by atoms with Gasteiger partial charge in [0.15, 0.2) is 0 Å². The normalized spacial score (nSPS) is 13.8. The lowest BCUT2D eigenvalue weighted by Crippen LogP contribution is -2.59. The Kier molecular flexibility index (Phi) is 5.97. The maximum Gasteiger partial charge on any atom is 0.523 e. The average molecular weight is 205 g/mol. The van der Waals surface area contributed by atoms with E-state index in [0.29, 0.717) is 0 Å². The van der Waals surface area contributed by atoms with Crippen molar-refractivity contribution in [3.8, 4) is 0 Å². The monoisotopic (exact) mass is 205 g/mol. The minimum atomic E-state index is -2.55. The summed E-state index contributed by atoms with van der Waals surface area (Å²) in [6.07, 6.45) is 2.50. The van der Waals surface area contributed by atoms with Crippen LogP contribution >= 0.6 is 0 Å². The first-order chi connectivity index (χ1) is 6.20. The predicted octanol–water partition coefficient (Wildman–Crippen LogP) is 0.915. The standard InChI is InChI=1S/C8H19NO3Si/c1-6-8(9-7-2)13(10-3,11-4)12-5/h7-9H,2,6H2,1,3-5H3. The van der Waals surface area contributed by atoms with Crippen LogP contribution < -0.4 is 5.32 Å². The topological polar surface area (TPSA) is 39.7 Å². The summed E-state index contributed by atoms with van der Waals surface area (Å²) in [6, 6.07) is 0. The Morgan fingerprint density at radius 2 is 1.77 bits per heavy atom. The van der Waals surface area contributed by atoms with Gasteiger partial charge in [0, 0.05) is 21.3 Å². The van der Waals surface area contributed by atoms with Crippen LogP contribution in [0.15, 0.2) is 12.8 Å². The maximum absolute atomic E-state index is 5.33. The molecule has 0 aliphatic rings. The summed E-state index contributed by atoms with van der Waals surface area (Å²) in [5, 5.41) is 3.08. The van der Waals surface area contributed by atoms with Crippen molar-refractivity contribution in [3.63, 3.8) is 0 Å². The molecule has 0 amide bonds. The molecule has 0 aliphatic heterocycles. The second-order valence-corrected chi connectivity index (χ2v) is 5.68. The minimum Gasteiger partial charge on any atom is -0.384 e. The third kappa shape index (κ3) is 2.80. The van der Waals surface area contributed by atoms with Crippen molar-refractivity contribution in [2.45, 2.75) is 19.0 Å². The van der Waals surface area contributed by atoms with Crippen LogP contribution in [-0.2, 0) is 13.3 Å². The van der Waals surface area contributed by atoms with Gasteiger partial charge in [0.05, 0.1) is 5.67 Å². The van der Waals surface area contributed by atoms with Crippen LogP contribution in [0, 0.1) is 0 Å². The Morgan fingerprint density at radius 3 is 2.00 bits per heavy atom. The van der Waals surface area contributed by atoms with Gasteiger partial charge >= 0.3 is 8.80 Å². The summed E-state index contributed by atoms with van der Waals surface area (Å²) >= 11 is 0. The van der Waals surface area contributed by atoms with Crippen LogP contribution in [-0.4, -0.2) is 35.8 Å². The average Bonchev–Trinajstić information content (AvgIpc) is 2.19. The van der Waals surface area contributed by atoms with E-state index in [9.17, 15) is 0 Å². The van der Waals surface area contributed by atoms with Gasteiger partial charge in [-0.2, -0.15) is 0 Å². The molecule has 1 N–H and O–H groups in total. The molecule has 0 aromatic rings. The summed E-state index contributed by atoms with van der Waals surface area (Å²) in [4.78, 5) is 0. The summed E-state index contributed by atoms with van der Waals surface area (Å²) in [7, 11) is 2.26. The van der Waals surface area contributed by atoms with Crippen molar-refractivity contribution in [2.75, 3.05) is 21.3 Å². The first-order valence-corrected chi connectivity index (χ1v) is 6.03. The van der Waals surface area contributed by atoms with Crippen LogP contribution in [0.1, 0.15) is 13.3 Å². The van der Waals surface area contributed by atoms with Crippen molar-refractivity contribution in [1.82, 2.24) is 5.32 Å². The van der Waals surface area contributed by atoms with E-state index in [0.717, 1.165) is 6.42 Å². The molecule has 1 unspecified atom stereocenters. The molecule has 0 saturated heterocycles. The fraction of sp³-hybridized carbons (Fsp3) is 0.750. The van der Waals surface area contributed by atoms with E-state index in [-0.39, 0.29) is 5.67 Å². The van der Waals surface area contributed by atoms with Gasteiger partial charge in [-0.15, -0.1) is 0 Å². The molecule has 0 spiro atoms. The van der Waals surface area contributed by atoms with Crippen LogP contribution in [0.2, 0.25) is 0 Å². The number of rotatable bonds is 7. The Hall–Kier alpha value is -0.363. The zero-order chi connectivity index (χ0) is 10.3. The van der Waals surface area contributed by atoms with Crippen molar-refractivity contribution in [2.24, 2.45) is 0 Å². The molecule has 0 bridgehead atoms. The Balaban J connectivity index is 4.54. The highest BCUT2D eigenvalue weighted by Crippen LogP contribution is 2.14. The molecule has 0 fully saturated rings. The van der Waals surface area contributed by atoms with Gasteiger partial charge in [0.2, 0.25) is 0 Å². The van der Waals surface area contributed by atoms with Crippen LogP contribution in [0.5, 0.6) is 0 Å². The number of hydrogen-bond donors (Lipinski definition) is 1. The predicted molar refractivity (Wildman–Crippen MR) is 54.2 cm³/mol. The van der Waals surface area contributed by atoms with Gasteiger partial charge in [-0.25, -0.2) is 0 Å². The van der Waals surface area contributed by atoms with Crippen molar-refractivity contribution < 1.29 is 13.3 Å². The van der Waals surface area contributed by atoms with Crippen molar-refractivity contribution in [1.29, 1.82) is 0 Å². The van der Waals surface area contributed by atoms with E-state index >= 15 is 0 Å². The molecule has 0 aliphatic carbocycles. The smallest absolute Gasteiger partial charge is 0.384 e. The van der Waals surface area contributed by atoms with Gasteiger partial charge in [0.25, 0.3) is 0 Å². The third-order valence-corrected chi connectivity index (χ3v) is 5.14. The van der Waals surface area contributed by atoms with E-state index in [1.54, 1.807) is 27.5 Å². The number of hydrogen-bond acceptors (Lipinski definition) is 4. The van der Waals surface area contributed by atoms with E-state index in [4.69, 9.17) is 13.3 Å². The summed E-state index contributed by atoms with van der Waals surface area (Å²) in [5.74, 6) is 0. The SMILES string of the molecule is C=CNC(CC)[Si](OC)(OC)OC. The molecular weight excluding hydrogens is 186 g/mol. The van der Waals surface area contributed by atoms with E-state index in [1.807, 2.05) is 6.92 Å². The number of nitrogens with one attached hydrogen (secondary N) is 1. The van der Waals surface area contributed by atoms with Crippen molar-refractivity contribution in [3.05, 3.63) is 12.8 Å². The quantitative estimate of drug-likeness (QED) is 0.627. The lowest BCUT2D eigenvalue weighted by molar-refractivity contribution is 0.108. The lowest BCUT2D eigenvalue weighted by Gasteiger charge is -2.31. The first kappa shape index (κ1) is 12.6. The summed E-state index contributed by atoms with van der Waals surface area (Å²) in [5.41, 5.74) is 0.0602. The molecular formula is C8H19NO3Si. The van der Waals surface area contributed by atoms with E-state index in [2.05, 4.69) is 11.9 Å². The molecule has 0 aromatic heterocycles. The molecule has 4 nitrogen and oxygen atoms in total. The summed E-state index contributed by atoms with van der Waals surface area (Å²) < 4.78 is 16.0. The highest BCUT2D eigenvalue weighted by molar-refractivity contribution is 6.62. The van der Waals surface area contributed by atoms with Crippen LogP contribution in [0.3, 0.4) is 0 Å². The van der Waals surface area contributed by atoms with E-state index in [1.165, 1.54) is 0 Å². The fourth-order valence-electron chi connectivity index (χ4n) is 1.29. The highest BCUT2D eigenvalue weighted by atomic mass is 28.4. The molecule has 13 heavy (non-hydrogen) atoms. The third-order valence-electron chi connectivity index (χ3n) is 2.01. The van der Waals surface area contributed by atoms with Crippen molar-refractivity contribution >= 4 is 8.80 Å². The molecule has 0 saturated carbocycles. The Morgan fingerprint density at radius 1 is 1.31 bits per heavy atom. The van der Waals surface area contributed by atoms with E-state index < -0.39 is 8.80 Å². The molecule has 1 atom stereocenters. The zero-order valence-corrected chi connectivity index (χ0v) is 9.79. The van der Waals surface area contributed by atoms with Gasteiger partial charge < -0.3 is 18.6 Å². The lowest BCUT2D eigenvalue weighted by atomic mass is 10.5. The van der Waals surface area contributed by atoms with Gasteiger partial charge in [-0.05, 0) is 12.6 Å². The molecule has 5 heteroatoms. The van der Waals surface area contributed by atoms with Gasteiger partial charge in [0.1, 0.15) is 0 Å². The largest absolute Gasteiger partial charge is 0.523 e. The second kappa shape index (κ2) is 6.15. The first-order valence-electron chi connectivity index (χ1n) is 4.23. The van der Waals surface area contributed by atoms with Crippen LogP contribution in [0.4, 0.5) is 0 Å². The molecule has 0 rings (SSSR count). The molecule has 0 aromatic carbocycles. The Labute approximate surface area is 81.2 Å². The van der Waals surface area contributed by atoms with Gasteiger partial charge in [-0.1, -0.05) is 13.5 Å². The minimum absolute atomic E-state index is 0.0602. The summed E-state index contributed by atoms with van der Waals surface area (Å²) in [6.45, 7) is 5.65. The fourth-order valence-corrected chi connectivity index (χ4v) is 3.46. The van der Waals surface area contributed by atoms with Crippen LogP contribution in [0.25, 0.3) is 0 Å². The molecule has 0 heterocycles. The second-order valence-electron chi connectivity index (χ2n) is 2.55.